The maximum atomic E-state index is 6.29. The predicted molar refractivity (Wildman–Crippen MR) is 87.1 cm³/mol. The third kappa shape index (κ3) is 3.52. The molecule has 1 nitrogen and oxygen atoms in total. The van der Waals surface area contributed by atoms with Gasteiger partial charge in [0.25, 0.3) is 0 Å². The molecule has 1 N–H and O–H groups in total. The van der Waals surface area contributed by atoms with Gasteiger partial charge in [0.2, 0.25) is 0 Å². The van der Waals surface area contributed by atoms with Crippen LogP contribution >= 0.6 is 27.5 Å². The molecule has 0 fully saturated rings. The van der Waals surface area contributed by atoms with Gasteiger partial charge in [0.05, 0.1) is 6.04 Å². The van der Waals surface area contributed by atoms with E-state index in [-0.39, 0.29) is 6.04 Å². The molecule has 0 radical (unpaired) electrons. The number of hydrogen-bond donors (Lipinski definition) is 1. The highest BCUT2D eigenvalue weighted by atomic mass is 79.9. The number of halogens is 2. The van der Waals surface area contributed by atoms with Gasteiger partial charge in [-0.25, -0.2) is 0 Å². The lowest BCUT2D eigenvalue weighted by Gasteiger charge is -2.19. The maximum absolute atomic E-state index is 6.29. The highest BCUT2D eigenvalue weighted by Crippen LogP contribution is 2.29. The quantitative estimate of drug-likeness (QED) is 0.735. The average Bonchev–Trinajstić information content (AvgIpc) is 2.32. The first kappa shape index (κ1) is 14.4. The van der Waals surface area contributed by atoms with E-state index >= 15 is 0 Å². The molecule has 2 rings (SSSR count). The molecule has 1 unspecified atom stereocenters. The fraction of sp³-hybridized carbons (Fsp3) is 0.250. The van der Waals surface area contributed by atoms with Gasteiger partial charge >= 0.3 is 0 Å². The minimum Gasteiger partial charge on any atom is -0.378 e. The van der Waals surface area contributed by atoms with Crippen molar-refractivity contribution in [1.29, 1.82) is 0 Å². The molecule has 0 aromatic heterocycles. The van der Waals surface area contributed by atoms with Crippen LogP contribution in [0.5, 0.6) is 0 Å². The van der Waals surface area contributed by atoms with Gasteiger partial charge in [-0.15, -0.1) is 0 Å². The lowest BCUT2D eigenvalue weighted by Crippen LogP contribution is -2.08. The number of anilines is 1. The van der Waals surface area contributed by atoms with Gasteiger partial charge in [-0.3, -0.25) is 0 Å². The lowest BCUT2D eigenvalue weighted by atomic mass is 10.1. The first-order valence-corrected chi connectivity index (χ1v) is 7.43. The Morgan fingerprint density at radius 2 is 1.84 bits per heavy atom. The first-order valence-electron chi connectivity index (χ1n) is 6.26. The number of aryl methyl sites for hydroxylation is 2. The van der Waals surface area contributed by atoms with Gasteiger partial charge in [-0.1, -0.05) is 51.3 Å². The minimum atomic E-state index is 0.169. The van der Waals surface area contributed by atoms with E-state index in [0.717, 1.165) is 20.7 Å². The Morgan fingerprint density at radius 1 is 1.11 bits per heavy atom. The summed E-state index contributed by atoms with van der Waals surface area (Å²) in [6.07, 6.45) is 0. The molecule has 0 saturated carbocycles. The smallest absolute Gasteiger partial charge is 0.0500 e. The zero-order chi connectivity index (χ0) is 14.0. The Balaban J connectivity index is 2.23. The van der Waals surface area contributed by atoms with Crippen molar-refractivity contribution in [1.82, 2.24) is 0 Å². The van der Waals surface area contributed by atoms with Crippen LogP contribution in [0.3, 0.4) is 0 Å². The van der Waals surface area contributed by atoms with Gasteiger partial charge in [-0.05, 0) is 50.1 Å². The fourth-order valence-corrected chi connectivity index (χ4v) is 2.98. The van der Waals surface area contributed by atoms with E-state index in [1.165, 1.54) is 11.1 Å². The van der Waals surface area contributed by atoms with Gasteiger partial charge in [-0.2, -0.15) is 0 Å². The highest BCUT2D eigenvalue weighted by Gasteiger charge is 2.10. The molecule has 1 atom stereocenters. The van der Waals surface area contributed by atoms with E-state index in [2.05, 4.69) is 60.2 Å². The first-order chi connectivity index (χ1) is 8.97. The third-order valence-corrected chi connectivity index (χ3v) is 4.00. The molecule has 0 aliphatic carbocycles. The van der Waals surface area contributed by atoms with Gasteiger partial charge in [0, 0.05) is 15.2 Å². The Labute approximate surface area is 128 Å². The zero-order valence-corrected chi connectivity index (χ0v) is 13.6. The van der Waals surface area contributed by atoms with Crippen molar-refractivity contribution < 1.29 is 0 Å². The fourth-order valence-electron chi connectivity index (χ4n) is 2.14. The summed E-state index contributed by atoms with van der Waals surface area (Å²) in [6, 6.07) is 12.6. The van der Waals surface area contributed by atoms with Gasteiger partial charge < -0.3 is 5.32 Å². The topological polar surface area (TPSA) is 12.0 Å². The molecule has 0 saturated heterocycles. The van der Waals surface area contributed by atoms with Crippen LogP contribution in [0.1, 0.15) is 29.7 Å². The number of rotatable bonds is 3. The summed E-state index contributed by atoms with van der Waals surface area (Å²) in [7, 11) is 0. The van der Waals surface area contributed by atoms with Crippen LogP contribution in [0.15, 0.2) is 40.9 Å². The second kappa shape index (κ2) is 5.98. The molecule has 19 heavy (non-hydrogen) atoms. The molecule has 0 heterocycles. The second-order valence-corrected chi connectivity index (χ2v) is 6.17. The van der Waals surface area contributed by atoms with Crippen LogP contribution in [-0.4, -0.2) is 0 Å². The van der Waals surface area contributed by atoms with E-state index in [1.807, 2.05) is 18.2 Å². The van der Waals surface area contributed by atoms with Crippen molar-refractivity contribution in [2.45, 2.75) is 26.8 Å². The van der Waals surface area contributed by atoms with E-state index in [1.54, 1.807) is 0 Å². The van der Waals surface area contributed by atoms with Gasteiger partial charge in [0.1, 0.15) is 0 Å². The van der Waals surface area contributed by atoms with Crippen LogP contribution in [-0.2, 0) is 0 Å². The monoisotopic (exact) mass is 337 g/mol. The molecule has 0 aliphatic heterocycles. The number of hydrogen-bond acceptors (Lipinski definition) is 1. The summed E-state index contributed by atoms with van der Waals surface area (Å²) in [5.74, 6) is 0. The number of benzene rings is 2. The Morgan fingerprint density at radius 3 is 2.47 bits per heavy atom. The molecular weight excluding hydrogens is 322 g/mol. The molecule has 2 aromatic rings. The molecule has 3 heteroatoms. The van der Waals surface area contributed by atoms with Crippen LogP contribution in [0, 0.1) is 13.8 Å². The number of nitrogens with one attached hydrogen (secondary N) is 1. The van der Waals surface area contributed by atoms with Crippen molar-refractivity contribution in [2.24, 2.45) is 0 Å². The largest absolute Gasteiger partial charge is 0.378 e. The second-order valence-electron chi connectivity index (χ2n) is 4.85. The molecular formula is C16H17BrClN. The van der Waals surface area contributed by atoms with Crippen LogP contribution in [0.4, 0.5) is 5.69 Å². The van der Waals surface area contributed by atoms with Gasteiger partial charge in [0.15, 0.2) is 0 Å². The van der Waals surface area contributed by atoms with Crippen LogP contribution in [0.2, 0.25) is 5.02 Å². The lowest BCUT2D eigenvalue weighted by molar-refractivity contribution is 0.882. The Kier molecular flexibility index (Phi) is 4.54. The normalized spacial score (nSPS) is 12.3. The summed E-state index contributed by atoms with van der Waals surface area (Å²) < 4.78 is 1.000. The van der Waals surface area contributed by atoms with E-state index in [9.17, 15) is 0 Å². The standard InChI is InChI=1S/C16H17BrClN/c1-10-4-7-16(11(2)8-10)19-12(3)14-6-5-13(17)9-15(14)18/h4-9,12,19H,1-3H3. The van der Waals surface area contributed by atoms with Crippen molar-refractivity contribution in [2.75, 3.05) is 5.32 Å². The van der Waals surface area contributed by atoms with E-state index < -0.39 is 0 Å². The SMILES string of the molecule is Cc1ccc(NC(C)c2ccc(Br)cc2Cl)c(C)c1. The minimum absolute atomic E-state index is 0.169. The predicted octanol–water partition coefficient (Wildman–Crippen LogP) is 5.89. The summed E-state index contributed by atoms with van der Waals surface area (Å²) in [5, 5.41) is 4.29. The molecule has 100 valence electrons. The van der Waals surface area contributed by atoms with Crippen molar-refractivity contribution in [3.05, 3.63) is 62.6 Å². The van der Waals surface area contributed by atoms with Crippen LogP contribution in [0.25, 0.3) is 0 Å². The zero-order valence-electron chi connectivity index (χ0n) is 11.3. The maximum Gasteiger partial charge on any atom is 0.0500 e. The van der Waals surface area contributed by atoms with Crippen molar-refractivity contribution >= 4 is 33.2 Å². The molecule has 0 aliphatic rings. The summed E-state index contributed by atoms with van der Waals surface area (Å²) in [5.41, 5.74) is 4.78. The molecule has 0 bridgehead atoms. The van der Waals surface area contributed by atoms with E-state index in [0.29, 0.717) is 0 Å². The summed E-state index contributed by atoms with van der Waals surface area (Å²) in [6.45, 7) is 6.34. The Bertz CT molecular complexity index is 595. The van der Waals surface area contributed by atoms with Crippen LogP contribution < -0.4 is 5.32 Å². The van der Waals surface area contributed by atoms with Crippen molar-refractivity contribution in [3.63, 3.8) is 0 Å². The third-order valence-electron chi connectivity index (χ3n) is 3.18. The molecule has 0 amide bonds. The average molecular weight is 339 g/mol. The van der Waals surface area contributed by atoms with E-state index in [4.69, 9.17) is 11.6 Å². The molecule has 0 spiro atoms. The summed E-state index contributed by atoms with van der Waals surface area (Å²) >= 11 is 9.71. The van der Waals surface area contributed by atoms with Crippen molar-refractivity contribution in [3.8, 4) is 0 Å². The Hall–Kier alpha value is -0.990. The summed E-state index contributed by atoms with van der Waals surface area (Å²) in [4.78, 5) is 0. The molecule has 2 aromatic carbocycles. The highest BCUT2D eigenvalue weighted by molar-refractivity contribution is 9.10.